The van der Waals surface area contributed by atoms with Crippen LogP contribution in [0.25, 0.3) is 0 Å². The molecule has 0 aromatic carbocycles. The highest BCUT2D eigenvalue weighted by Gasteiger charge is 2.22. The van der Waals surface area contributed by atoms with E-state index in [1.165, 1.54) is 10.6 Å². The molecule has 1 fully saturated rings. The summed E-state index contributed by atoms with van der Waals surface area (Å²) in [6.07, 6.45) is 1.18. The molecule has 0 aromatic heterocycles. The van der Waals surface area contributed by atoms with Crippen molar-refractivity contribution in [1.29, 1.82) is 0 Å². The number of rotatable bonds is 2. The van der Waals surface area contributed by atoms with Crippen molar-refractivity contribution in [1.82, 2.24) is 9.21 Å². The van der Waals surface area contributed by atoms with E-state index in [-0.39, 0.29) is 0 Å². The summed E-state index contributed by atoms with van der Waals surface area (Å²) in [5, 5.41) is 0. The molecule has 1 aliphatic rings. The van der Waals surface area contributed by atoms with Gasteiger partial charge in [-0.3, -0.25) is 4.90 Å². The predicted octanol–water partition coefficient (Wildman–Crippen LogP) is -0.509. The lowest BCUT2D eigenvalue weighted by molar-refractivity contribution is 0.134. The first kappa shape index (κ1) is 9.88. The Morgan fingerprint density at radius 2 is 1.75 bits per heavy atom. The zero-order valence-corrected chi connectivity index (χ0v) is 7.85. The first-order chi connectivity index (χ1) is 5.54. The topological polar surface area (TPSA) is 40.6 Å². The Balaban J connectivity index is 2.47. The van der Waals surface area contributed by atoms with Crippen LogP contribution in [-0.2, 0) is 10.0 Å². The summed E-state index contributed by atoms with van der Waals surface area (Å²) in [5.41, 5.74) is 0. The van der Waals surface area contributed by atoms with Gasteiger partial charge in [0, 0.05) is 26.2 Å². The van der Waals surface area contributed by atoms with E-state index < -0.39 is 16.8 Å². The molecule has 1 saturated heterocycles. The summed E-state index contributed by atoms with van der Waals surface area (Å²) in [6, 6.07) is 0. The number of hydrogen-bond acceptors (Lipinski definition) is 3. The smallest absolute Gasteiger partial charge is 0.211 e. The summed E-state index contributed by atoms with van der Waals surface area (Å²) in [7, 11) is -3.07. The SMILES string of the molecule is CS(=O)(=O)N1CCN(CF)CC1. The normalized spacial score (nSPS) is 22.8. The first-order valence-corrected chi connectivity index (χ1v) is 5.62. The maximum absolute atomic E-state index is 12.1. The quantitative estimate of drug-likeness (QED) is 0.559. The molecule has 4 nitrogen and oxygen atoms in total. The van der Waals surface area contributed by atoms with Crippen LogP contribution in [0.15, 0.2) is 0 Å². The molecule has 6 heteroatoms. The van der Waals surface area contributed by atoms with Crippen molar-refractivity contribution in [2.45, 2.75) is 0 Å². The van der Waals surface area contributed by atoms with E-state index in [0.29, 0.717) is 26.2 Å². The van der Waals surface area contributed by atoms with Gasteiger partial charge < -0.3 is 0 Å². The standard InChI is InChI=1S/C6H13FN2O2S/c1-12(10,11)9-4-2-8(6-7)3-5-9/h2-6H2,1H3. The lowest BCUT2D eigenvalue weighted by Crippen LogP contribution is -2.47. The lowest BCUT2D eigenvalue weighted by atomic mass is 10.4. The van der Waals surface area contributed by atoms with Gasteiger partial charge in [-0.25, -0.2) is 12.8 Å². The van der Waals surface area contributed by atoms with Crippen molar-refractivity contribution >= 4 is 10.0 Å². The summed E-state index contributed by atoms with van der Waals surface area (Å²) >= 11 is 0. The average molecular weight is 196 g/mol. The Bertz CT molecular complexity index is 234. The molecule has 72 valence electrons. The number of piperazine rings is 1. The minimum absolute atomic E-state index is 0.406. The Labute approximate surface area is 72.0 Å². The van der Waals surface area contributed by atoms with E-state index in [2.05, 4.69) is 0 Å². The molecule has 0 radical (unpaired) electrons. The highest BCUT2D eigenvalue weighted by molar-refractivity contribution is 7.88. The second-order valence-corrected chi connectivity index (χ2v) is 4.88. The van der Waals surface area contributed by atoms with E-state index in [4.69, 9.17) is 0 Å². The number of halogens is 1. The monoisotopic (exact) mass is 196 g/mol. The second-order valence-electron chi connectivity index (χ2n) is 2.90. The van der Waals surface area contributed by atoms with Crippen LogP contribution >= 0.6 is 0 Å². The number of hydrogen-bond donors (Lipinski definition) is 0. The Morgan fingerprint density at radius 1 is 1.25 bits per heavy atom. The van der Waals surface area contributed by atoms with Gasteiger partial charge in [0.1, 0.15) is 6.80 Å². The molecule has 12 heavy (non-hydrogen) atoms. The van der Waals surface area contributed by atoms with Crippen molar-refractivity contribution in [2.24, 2.45) is 0 Å². The van der Waals surface area contributed by atoms with Gasteiger partial charge >= 0.3 is 0 Å². The molecule has 0 N–H and O–H groups in total. The molecule has 0 bridgehead atoms. The molecular formula is C6H13FN2O2S. The van der Waals surface area contributed by atoms with Gasteiger partial charge in [0.05, 0.1) is 6.26 Å². The van der Waals surface area contributed by atoms with Gasteiger partial charge in [0.25, 0.3) is 0 Å². The Kier molecular flexibility index (Phi) is 3.03. The van der Waals surface area contributed by atoms with Crippen LogP contribution < -0.4 is 0 Å². The molecular weight excluding hydrogens is 183 g/mol. The van der Waals surface area contributed by atoms with Crippen molar-refractivity contribution < 1.29 is 12.8 Å². The molecule has 0 spiro atoms. The van der Waals surface area contributed by atoms with Crippen molar-refractivity contribution in [2.75, 3.05) is 39.2 Å². The fourth-order valence-corrected chi connectivity index (χ4v) is 2.01. The van der Waals surface area contributed by atoms with E-state index in [1.807, 2.05) is 0 Å². The van der Waals surface area contributed by atoms with Crippen LogP contribution in [-0.4, -0.2) is 56.9 Å². The summed E-state index contributed by atoms with van der Waals surface area (Å²) in [4.78, 5) is 1.58. The highest BCUT2D eigenvalue weighted by atomic mass is 32.2. The maximum Gasteiger partial charge on any atom is 0.211 e. The maximum atomic E-state index is 12.1. The fraction of sp³-hybridized carbons (Fsp3) is 1.00. The zero-order chi connectivity index (χ0) is 9.19. The fourth-order valence-electron chi connectivity index (χ4n) is 1.18. The van der Waals surface area contributed by atoms with Gasteiger partial charge in [-0.1, -0.05) is 0 Å². The van der Waals surface area contributed by atoms with E-state index in [1.54, 1.807) is 4.90 Å². The minimum Gasteiger partial charge on any atom is -0.274 e. The molecule has 0 aromatic rings. The average Bonchev–Trinajstić information content (AvgIpc) is 2.03. The lowest BCUT2D eigenvalue weighted by Gasteiger charge is -2.31. The van der Waals surface area contributed by atoms with E-state index in [0.717, 1.165) is 0 Å². The summed E-state index contributed by atoms with van der Waals surface area (Å²) in [5.74, 6) is 0. The van der Waals surface area contributed by atoms with Gasteiger partial charge in [-0.15, -0.1) is 0 Å². The Hall–Kier alpha value is -0.200. The first-order valence-electron chi connectivity index (χ1n) is 3.77. The molecule has 1 rings (SSSR count). The molecule has 0 saturated carbocycles. The largest absolute Gasteiger partial charge is 0.274 e. The number of alkyl halides is 1. The molecule has 0 atom stereocenters. The van der Waals surface area contributed by atoms with Crippen LogP contribution in [0.5, 0.6) is 0 Å². The van der Waals surface area contributed by atoms with Crippen LogP contribution in [0.1, 0.15) is 0 Å². The third-order valence-corrected chi connectivity index (χ3v) is 3.27. The van der Waals surface area contributed by atoms with Gasteiger partial charge in [-0.05, 0) is 0 Å². The van der Waals surface area contributed by atoms with Crippen LogP contribution in [0, 0.1) is 0 Å². The zero-order valence-electron chi connectivity index (χ0n) is 7.03. The van der Waals surface area contributed by atoms with Gasteiger partial charge in [-0.2, -0.15) is 4.31 Å². The van der Waals surface area contributed by atoms with Crippen molar-refractivity contribution in [3.05, 3.63) is 0 Å². The Morgan fingerprint density at radius 3 is 2.08 bits per heavy atom. The van der Waals surface area contributed by atoms with Crippen LogP contribution in [0.3, 0.4) is 0 Å². The van der Waals surface area contributed by atoms with Crippen LogP contribution in [0.2, 0.25) is 0 Å². The molecule has 0 unspecified atom stereocenters. The third-order valence-electron chi connectivity index (χ3n) is 1.97. The second kappa shape index (κ2) is 3.68. The highest BCUT2D eigenvalue weighted by Crippen LogP contribution is 2.05. The minimum atomic E-state index is -3.07. The summed E-state index contributed by atoms with van der Waals surface area (Å²) < 4.78 is 35.4. The predicted molar refractivity (Wildman–Crippen MR) is 44.0 cm³/mol. The van der Waals surface area contributed by atoms with Crippen molar-refractivity contribution in [3.8, 4) is 0 Å². The third kappa shape index (κ3) is 2.40. The number of sulfonamides is 1. The van der Waals surface area contributed by atoms with Crippen LogP contribution in [0.4, 0.5) is 4.39 Å². The van der Waals surface area contributed by atoms with Gasteiger partial charge in [0.15, 0.2) is 0 Å². The van der Waals surface area contributed by atoms with E-state index in [9.17, 15) is 12.8 Å². The molecule has 0 amide bonds. The molecule has 1 heterocycles. The molecule has 0 aliphatic carbocycles. The van der Waals surface area contributed by atoms with E-state index >= 15 is 0 Å². The molecule has 1 aliphatic heterocycles. The van der Waals surface area contributed by atoms with Gasteiger partial charge in [0.2, 0.25) is 10.0 Å². The summed E-state index contributed by atoms with van der Waals surface area (Å²) in [6.45, 7) is 1.30. The number of nitrogens with zero attached hydrogens (tertiary/aromatic N) is 2. The van der Waals surface area contributed by atoms with Crippen molar-refractivity contribution in [3.63, 3.8) is 0 Å².